The molecule has 0 aromatic rings. The van der Waals surface area contributed by atoms with Crippen molar-refractivity contribution in [3.63, 3.8) is 0 Å². The number of aliphatic carboxylic acids is 1. The van der Waals surface area contributed by atoms with Crippen molar-refractivity contribution < 1.29 is 19.4 Å². The van der Waals surface area contributed by atoms with Gasteiger partial charge in [-0.15, -0.1) is 0 Å². The first kappa shape index (κ1) is 16.0. The smallest absolute Gasteiger partial charge is 0.317 e. The second-order valence-corrected chi connectivity index (χ2v) is 5.62. The molecule has 2 rings (SSSR count). The van der Waals surface area contributed by atoms with E-state index in [1.807, 2.05) is 4.90 Å². The molecular formula is C14H25N3O4. The van der Waals surface area contributed by atoms with Gasteiger partial charge in [0.15, 0.2) is 0 Å². The Morgan fingerprint density at radius 2 is 1.95 bits per heavy atom. The van der Waals surface area contributed by atoms with E-state index in [2.05, 4.69) is 10.2 Å². The summed E-state index contributed by atoms with van der Waals surface area (Å²) in [5.41, 5.74) is 0. The largest absolute Gasteiger partial charge is 0.481 e. The second-order valence-electron chi connectivity index (χ2n) is 5.62. The predicted octanol–water partition coefficient (Wildman–Crippen LogP) is 0.357. The standard InChI is InChI=1S/C14H25N3O4/c18-13(19)3-1-2-5-15-14(20)17-6-4-12(11-17)16-7-9-21-10-8-16/h12H,1-11H2,(H,15,20)(H,18,19). The summed E-state index contributed by atoms with van der Waals surface area (Å²) in [6, 6.07) is 0.424. The number of carboxylic acids is 1. The zero-order valence-electron chi connectivity index (χ0n) is 12.4. The summed E-state index contributed by atoms with van der Waals surface area (Å²) >= 11 is 0. The fourth-order valence-electron chi connectivity index (χ4n) is 2.88. The lowest BCUT2D eigenvalue weighted by atomic mass is 10.2. The number of hydrogen-bond acceptors (Lipinski definition) is 4. The van der Waals surface area contributed by atoms with Crippen LogP contribution in [0, 0.1) is 0 Å². The fraction of sp³-hybridized carbons (Fsp3) is 0.857. The van der Waals surface area contributed by atoms with E-state index < -0.39 is 5.97 Å². The van der Waals surface area contributed by atoms with Gasteiger partial charge in [0.2, 0.25) is 0 Å². The summed E-state index contributed by atoms with van der Waals surface area (Å²) in [6.07, 6.45) is 2.50. The van der Waals surface area contributed by atoms with Gasteiger partial charge in [-0.05, 0) is 19.3 Å². The first-order valence-corrected chi connectivity index (χ1v) is 7.73. The number of urea groups is 1. The number of nitrogens with zero attached hydrogens (tertiary/aromatic N) is 2. The van der Waals surface area contributed by atoms with Gasteiger partial charge in [0.25, 0.3) is 0 Å². The quantitative estimate of drug-likeness (QED) is 0.692. The first-order valence-electron chi connectivity index (χ1n) is 7.73. The summed E-state index contributed by atoms with van der Waals surface area (Å²) in [7, 11) is 0. The van der Waals surface area contributed by atoms with Crippen molar-refractivity contribution in [3.8, 4) is 0 Å². The highest BCUT2D eigenvalue weighted by Gasteiger charge is 2.30. The highest BCUT2D eigenvalue weighted by Crippen LogP contribution is 2.16. The third kappa shape index (κ3) is 5.17. The van der Waals surface area contributed by atoms with Crippen LogP contribution in [0.5, 0.6) is 0 Å². The number of amides is 2. The number of ether oxygens (including phenoxy) is 1. The molecule has 0 saturated carbocycles. The Morgan fingerprint density at radius 3 is 2.67 bits per heavy atom. The number of likely N-dealkylation sites (tertiary alicyclic amines) is 1. The van der Waals surface area contributed by atoms with Gasteiger partial charge < -0.3 is 20.1 Å². The Balaban J connectivity index is 1.61. The van der Waals surface area contributed by atoms with Gasteiger partial charge in [0.05, 0.1) is 13.2 Å². The van der Waals surface area contributed by atoms with E-state index in [1.54, 1.807) is 0 Å². The lowest BCUT2D eigenvalue weighted by Gasteiger charge is -2.32. The molecule has 0 aromatic heterocycles. The minimum absolute atomic E-state index is 0.0268. The first-order chi connectivity index (χ1) is 10.2. The number of nitrogens with one attached hydrogen (secondary N) is 1. The highest BCUT2D eigenvalue weighted by molar-refractivity contribution is 5.74. The van der Waals surface area contributed by atoms with Crippen LogP contribution in [0.4, 0.5) is 4.79 Å². The summed E-state index contributed by atoms with van der Waals surface area (Å²) in [5, 5.41) is 11.4. The van der Waals surface area contributed by atoms with Crippen LogP contribution in [0.1, 0.15) is 25.7 Å². The maximum atomic E-state index is 12.0. The van der Waals surface area contributed by atoms with E-state index in [0.29, 0.717) is 25.4 Å². The summed E-state index contributed by atoms with van der Waals surface area (Å²) in [6.45, 7) is 5.60. The molecule has 21 heavy (non-hydrogen) atoms. The summed E-state index contributed by atoms with van der Waals surface area (Å²) < 4.78 is 5.35. The predicted molar refractivity (Wildman–Crippen MR) is 77.3 cm³/mol. The number of carbonyl (C=O) groups excluding carboxylic acids is 1. The van der Waals surface area contributed by atoms with Gasteiger partial charge in [-0.1, -0.05) is 0 Å². The van der Waals surface area contributed by atoms with E-state index >= 15 is 0 Å². The van der Waals surface area contributed by atoms with Crippen molar-refractivity contribution in [2.24, 2.45) is 0 Å². The van der Waals surface area contributed by atoms with Crippen LogP contribution in [-0.4, -0.2) is 78.9 Å². The van der Waals surface area contributed by atoms with Gasteiger partial charge in [-0.3, -0.25) is 9.69 Å². The van der Waals surface area contributed by atoms with E-state index in [-0.39, 0.29) is 12.5 Å². The molecule has 0 aliphatic carbocycles. The second kappa shape index (κ2) is 8.19. The molecule has 2 heterocycles. The molecule has 2 aliphatic rings. The number of carbonyl (C=O) groups is 2. The molecular weight excluding hydrogens is 274 g/mol. The maximum Gasteiger partial charge on any atom is 0.317 e. The molecule has 1 atom stereocenters. The minimum Gasteiger partial charge on any atom is -0.481 e. The third-order valence-electron chi connectivity index (χ3n) is 4.11. The lowest BCUT2D eigenvalue weighted by Crippen LogP contribution is -2.46. The van der Waals surface area contributed by atoms with E-state index in [1.165, 1.54) is 0 Å². The maximum absolute atomic E-state index is 12.0. The molecule has 2 saturated heterocycles. The van der Waals surface area contributed by atoms with Crippen molar-refractivity contribution in [1.82, 2.24) is 15.1 Å². The molecule has 2 amide bonds. The number of carboxylic acid groups (broad SMARTS) is 1. The van der Waals surface area contributed by atoms with Crippen LogP contribution in [0.2, 0.25) is 0 Å². The molecule has 2 N–H and O–H groups in total. The van der Waals surface area contributed by atoms with Crippen LogP contribution in [0.15, 0.2) is 0 Å². The average molecular weight is 299 g/mol. The summed E-state index contributed by atoms with van der Waals surface area (Å²) in [4.78, 5) is 26.7. The van der Waals surface area contributed by atoms with Crippen molar-refractivity contribution in [2.75, 3.05) is 45.9 Å². The van der Waals surface area contributed by atoms with Crippen molar-refractivity contribution in [3.05, 3.63) is 0 Å². The van der Waals surface area contributed by atoms with Crippen LogP contribution in [0.25, 0.3) is 0 Å². The van der Waals surface area contributed by atoms with Crippen LogP contribution in [0.3, 0.4) is 0 Å². The van der Waals surface area contributed by atoms with Gasteiger partial charge in [0.1, 0.15) is 0 Å². The fourth-order valence-corrected chi connectivity index (χ4v) is 2.88. The Bertz CT molecular complexity index is 358. The Morgan fingerprint density at radius 1 is 1.19 bits per heavy atom. The Kier molecular flexibility index (Phi) is 6.25. The van der Waals surface area contributed by atoms with Crippen LogP contribution in [-0.2, 0) is 9.53 Å². The number of unbranched alkanes of at least 4 members (excludes halogenated alkanes) is 1. The highest BCUT2D eigenvalue weighted by atomic mass is 16.5. The van der Waals surface area contributed by atoms with E-state index in [4.69, 9.17) is 9.84 Å². The van der Waals surface area contributed by atoms with Crippen LogP contribution >= 0.6 is 0 Å². The monoisotopic (exact) mass is 299 g/mol. The average Bonchev–Trinajstić information content (AvgIpc) is 2.97. The van der Waals surface area contributed by atoms with Gasteiger partial charge in [0, 0.05) is 45.2 Å². The zero-order valence-corrected chi connectivity index (χ0v) is 12.4. The summed E-state index contributed by atoms with van der Waals surface area (Å²) in [5.74, 6) is -0.783. The van der Waals surface area contributed by atoms with Gasteiger partial charge in [-0.25, -0.2) is 4.79 Å². The zero-order chi connectivity index (χ0) is 15.1. The molecule has 1 unspecified atom stereocenters. The molecule has 0 aromatic carbocycles. The topological polar surface area (TPSA) is 82.1 Å². The molecule has 7 heteroatoms. The van der Waals surface area contributed by atoms with Crippen molar-refractivity contribution >= 4 is 12.0 Å². The van der Waals surface area contributed by atoms with Crippen molar-refractivity contribution in [1.29, 1.82) is 0 Å². The number of morpholine rings is 1. The molecule has 2 fully saturated rings. The normalized spacial score (nSPS) is 23.2. The van der Waals surface area contributed by atoms with E-state index in [0.717, 1.165) is 45.8 Å². The minimum atomic E-state index is -0.783. The molecule has 0 spiro atoms. The molecule has 7 nitrogen and oxygen atoms in total. The number of hydrogen-bond donors (Lipinski definition) is 2. The molecule has 0 bridgehead atoms. The Labute approximate surface area is 125 Å². The van der Waals surface area contributed by atoms with Gasteiger partial charge in [-0.2, -0.15) is 0 Å². The third-order valence-corrected chi connectivity index (χ3v) is 4.11. The van der Waals surface area contributed by atoms with Gasteiger partial charge >= 0.3 is 12.0 Å². The SMILES string of the molecule is O=C(O)CCCCNC(=O)N1CCC(N2CCOCC2)C1. The molecule has 0 radical (unpaired) electrons. The molecule has 2 aliphatic heterocycles. The lowest BCUT2D eigenvalue weighted by molar-refractivity contribution is -0.137. The Hall–Kier alpha value is -1.34. The van der Waals surface area contributed by atoms with Crippen molar-refractivity contribution in [2.45, 2.75) is 31.7 Å². The molecule has 120 valence electrons. The van der Waals surface area contributed by atoms with E-state index in [9.17, 15) is 9.59 Å². The van der Waals surface area contributed by atoms with Crippen LogP contribution < -0.4 is 5.32 Å². The number of rotatable bonds is 6.